The molecule has 1 aliphatic rings. The highest BCUT2D eigenvalue weighted by molar-refractivity contribution is 9.10. The van der Waals surface area contributed by atoms with E-state index >= 15 is 0 Å². The van der Waals surface area contributed by atoms with E-state index in [1.54, 1.807) is 0 Å². The predicted molar refractivity (Wildman–Crippen MR) is 52.9 cm³/mol. The van der Waals surface area contributed by atoms with Gasteiger partial charge in [0.15, 0.2) is 0 Å². The van der Waals surface area contributed by atoms with Crippen molar-refractivity contribution in [3.05, 3.63) is 34.3 Å². The largest absolute Gasteiger partial charge is 0.257 e. The summed E-state index contributed by atoms with van der Waals surface area (Å²) in [6.45, 7) is 2.06. The molecule has 0 radical (unpaired) electrons. The van der Waals surface area contributed by atoms with E-state index in [0.29, 0.717) is 5.92 Å². The Kier molecular flexibility index (Phi) is 2.44. The first-order valence-corrected chi connectivity index (χ1v) is 4.87. The zero-order chi connectivity index (χ0) is 8.39. The van der Waals surface area contributed by atoms with E-state index in [9.17, 15) is 0 Å². The third-order valence-corrected chi connectivity index (χ3v) is 2.69. The van der Waals surface area contributed by atoms with Crippen molar-refractivity contribution in [2.45, 2.75) is 5.92 Å². The van der Waals surface area contributed by atoms with Crippen molar-refractivity contribution in [3.8, 4) is 0 Å². The highest BCUT2D eigenvalue weighted by Crippen LogP contribution is 2.19. The summed E-state index contributed by atoms with van der Waals surface area (Å²) in [5.74, 6) is 0.623. The summed E-state index contributed by atoms with van der Waals surface area (Å²) in [7, 11) is 0. The van der Waals surface area contributed by atoms with Crippen LogP contribution in [0.4, 0.5) is 0 Å². The molecule has 0 saturated carbocycles. The van der Waals surface area contributed by atoms with Gasteiger partial charge in [-0.2, -0.15) is 0 Å². The van der Waals surface area contributed by atoms with Crippen molar-refractivity contribution >= 4 is 15.9 Å². The maximum absolute atomic E-state index is 3.42. The molecular weight excluding hydrogens is 216 g/mol. The second-order valence-corrected chi connectivity index (χ2v) is 3.93. The van der Waals surface area contributed by atoms with E-state index in [-0.39, 0.29) is 0 Å². The van der Waals surface area contributed by atoms with Crippen LogP contribution in [0.1, 0.15) is 11.5 Å². The van der Waals surface area contributed by atoms with Crippen LogP contribution in [0.25, 0.3) is 0 Å². The number of rotatable bonds is 1. The first kappa shape index (κ1) is 8.23. The molecule has 2 rings (SSSR count). The molecule has 64 valence electrons. The summed E-state index contributed by atoms with van der Waals surface area (Å²) in [6.07, 6.45) is 0. The second kappa shape index (κ2) is 3.56. The lowest BCUT2D eigenvalue weighted by Crippen LogP contribution is -2.21. The molecule has 1 saturated heterocycles. The fourth-order valence-electron chi connectivity index (χ4n) is 1.43. The molecule has 12 heavy (non-hydrogen) atoms. The highest BCUT2D eigenvalue weighted by atomic mass is 79.9. The monoisotopic (exact) mass is 226 g/mol. The van der Waals surface area contributed by atoms with Crippen LogP contribution in [0.5, 0.6) is 0 Å². The first-order valence-electron chi connectivity index (χ1n) is 4.07. The number of hydrogen-bond donors (Lipinski definition) is 2. The standard InChI is InChI=1S/C9H11BrN2/c10-9-3-1-7(2-4-9)8-5-11-12-6-8/h1-4,8,11-12H,5-6H2. The van der Waals surface area contributed by atoms with Gasteiger partial charge in [-0.1, -0.05) is 28.1 Å². The van der Waals surface area contributed by atoms with E-state index in [2.05, 4.69) is 51.0 Å². The molecule has 1 heterocycles. The third kappa shape index (κ3) is 1.68. The van der Waals surface area contributed by atoms with Gasteiger partial charge in [0.1, 0.15) is 0 Å². The van der Waals surface area contributed by atoms with E-state index < -0.39 is 0 Å². The lowest BCUT2D eigenvalue weighted by Gasteiger charge is -2.06. The van der Waals surface area contributed by atoms with Crippen molar-refractivity contribution in [2.75, 3.05) is 13.1 Å². The van der Waals surface area contributed by atoms with Crippen LogP contribution in [0.2, 0.25) is 0 Å². The van der Waals surface area contributed by atoms with Crippen molar-refractivity contribution in [2.24, 2.45) is 0 Å². The van der Waals surface area contributed by atoms with Crippen LogP contribution in [-0.2, 0) is 0 Å². The van der Waals surface area contributed by atoms with Crippen LogP contribution < -0.4 is 10.9 Å². The van der Waals surface area contributed by atoms with Gasteiger partial charge >= 0.3 is 0 Å². The number of halogens is 1. The minimum absolute atomic E-state index is 0.623. The van der Waals surface area contributed by atoms with Crippen molar-refractivity contribution in [1.82, 2.24) is 10.9 Å². The summed E-state index contributed by atoms with van der Waals surface area (Å²) < 4.78 is 1.14. The van der Waals surface area contributed by atoms with Crippen LogP contribution >= 0.6 is 15.9 Å². The molecule has 0 amide bonds. The number of hydrogen-bond acceptors (Lipinski definition) is 2. The minimum atomic E-state index is 0.623. The van der Waals surface area contributed by atoms with Gasteiger partial charge in [-0.05, 0) is 17.7 Å². The number of hydrazine groups is 1. The van der Waals surface area contributed by atoms with Gasteiger partial charge in [0.2, 0.25) is 0 Å². The van der Waals surface area contributed by atoms with Crippen LogP contribution in [0.15, 0.2) is 28.7 Å². The van der Waals surface area contributed by atoms with Gasteiger partial charge in [-0.25, -0.2) is 0 Å². The molecule has 2 N–H and O–H groups in total. The Morgan fingerprint density at radius 3 is 2.25 bits per heavy atom. The molecule has 0 unspecified atom stereocenters. The molecule has 0 aliphatic carbocycles. The van der Waals surface area contributed by atoms with Gasteiger partial charge < -0.3 is 0 Å². The van der Waals surface area contributed by atoms with E-state index in [4.69, 9.17) is 0 Å². The SMILES string of the molecule is Brc1ccc(C2CNNC2)cc1. The fraction of sp³-hybridized carbons (Fsp3) is 0.333. The van der Waals surface area contributed by atoms with Gasteiger partial charge in [-0.15, -0.1) is 0 Å². The van der Waals surface area contributed by atoms with Crippen molar-refractivity contribution in [1.29, 1.82) is 0 Å². The highest BCUT2D eigenvalue weighted by Gasteiger charge is 2.15. The topological polar surface area (TPSA) is 24.1 Å². The van der Waals surface area contributed by atoms with Crippen LogP contribution in [-0.4, -0.2) is 13.1 Å². The summed E-state index contributed by atoms with van der Waals surface area (Å²) in [6, 6.07) is 8.52. The molecule has 1 aromatic rings. The van der Waals surface area contributed by atoms with Crippen LogP contribution in [0, 0.1) is 0 Å². The molecule has 0 aromatic heterocycles. The van der Waals surface area contributed by atoms with E-state index in [0.717, 1.165) is 17.6 Å². The van der Waals surface area contributed by atoms with Crippen molar-refractivity contribution < 1.29 is 0 Å². The smallest absolute Gasteiger partial charge is 0.0181 e. The average molecular weight is 227 g/mol. The fourth-order valence-corrected chi connectivity index (χ4v) is 1.70. The van der Waals surface area contributed by atoms with E-state index in [1.807, 2.05) is 0 Å². The Morgan fingerprint density at radius 1 is 1.08 bits per heavy atom. The Labute approximate surface area is 80.5 Å². The first-order chi connectivity index (χ1) is 5.86. The predicted octanol–water partition coefficient (Wildman–Crippen LogP) is 1.64. The summed E-state index contributed by atoms with van der Waals surface area (Å²) >= 11 is 3.42. The lowest BCUT2D eigenvalue weighted by molar-refractivity contribution is 0.689. The minimum Gasteiger partial charge on any atom is -0.257 e. The number of benzene rings is 1. The second-order valence-electron chi connectivity index (χ2n) is 3.01. The molecule has 1 aromatic carbocycles. The molecule has 0 spiro atoms. The maximum Gasteiger partial charge on any atom is 0.0181 e. The van der Waals surface area contributed by atoms with Gasteiger partial charge in [0.05, 0.1) is 0 Å². The Morgan fingerprint density at radius 2 is 1.67 bits per heavy atom. The van der Waals surface area contributed by atoms with Gasteiger partial charge in [0, 0.05) is 23.5 Å². The average Bonchev–Trinajstić information content (AvgIpc) is 2.58. The zero-order valence-corrected chi connectivity index (χ0v) is 8.26. The van der Waals surface area contributed by atoms with Crippen LogP contribution in [0.3, 0.4) is 0 Å². The van der Waals surface area contributed by atoms with Gasteiger partial charge in [-0.3, -0.25) is 10.9 Å². The summed E-state index contributed by atoms with van der Waals surface area (Å²) in [5, 5.41) is 0. The van der Waals surface area contributed by atoms with Gasteiger partial charge in [0.25, 0.3) is 0 Å². The molecule has 2 nitrogen and oxygen atoms in total. The van der Waals surface area contributed by atoms with E-state index in [1.165, 1.54) is 5.56 Å². The summed E-state index contributed by atoms with van der Waals surface area (Å²) in [4.78, 5) is 0. The van der Waals surface area contributed by atoms with Crippen molar-refractivity contribution in [3.63, 3.8) is 0 Å². The Bertz CT molecular complexity index is 252. The quantitative estimate of drug-likeness (QED) is 0.762. The zero-order valence-electron chi connectivity index (χ0n) is 6.68. The lowest BCUT2D eigenvalue weighted by atomic mass is 10.0. The summed E-state index contributed by atoms with van der Waals surface area (Å²) in [5.41, 5.74) is 7.65. The maximum atomic E-state index is 3.42. The molecule has 0 atom stereocenters. The molecular formula is C9H11BrN2. The number of nitrogens with one attached hydrogen (secondary N) is 2. The third-order valence-electron chi connectivity index (χ3n) is 2.16. The molecule has 1 fully saturated rings. The normalized spacial score (nSPS) is 18.4. The molecule has 1 aliphatic heterocycles. The molecule has 3 heteroatoms. The Balaban J connectivity index is 2.17. The molecule has 0 bridgehead atoms. The Hall–Kier alpha value is -0.380.